The van der Waals surface area contributed by atoms with Crippen LogP contribution in [0.4, 0.5) is 5.82 Å². The molecule has 1 fully saturated rings. The summed E-state index contributed by atoms with van der Waals surface area (Å²) in [4.78, 5) is 15.7. The van der Waals surface area contributed by atoms with E-state index in [2.05, 4.69) is 15.0 Å². The van der Waals surface area contributed by atoms with Crippen molar-refractivity contribution in [2.24, 2.45) is 12.5 Å². The topological polar surface area (TPSA) is 89.2 Å². The van der Waals surface area contributed by atoms with Crippen molar-refractivity contribution in [1.29, 1.82) is 0 Å². The van der Waals surface area contributed by atoms with Crippen molar-refractivity contribution in [2.75, 3.05) is 38.3 Å². The second kappa shape index (κ2) is 7.21. The Balaban J connectivity index is 1.75. The van der Waals surface area contributed by atoms with Crippen molar-refractivity contribution in [3.05, 3.63) is 30.7 Å². The lowest BCUT2D eigenvalue weighted by atomic mass is 9.80. The second-order valence-electron chi connectivity index (χ2n) is 7.24. The third-order valence-electron chi connectivity index (χ3n) is 5.33. The smallest absolute Gasteiger partial charge is 0.164 e. The second-order valence-corrected chi connectivity index (χ2v) is 7.24. The van der Waals surface area contributed by atoms with Gasteiger partial charge in [-0.2, -0.15) is 5.10 Å². The summed E-state index contributed by atoms with van der Waals surface area (Å²) < 4.78 is 7.25. The lowest BCUT2D eigenvalue weighted by molar-refractivity contribution is -0.0113. The van der Waals surface area contributed by atoms with Crippen molar-refractivity contribution in [1.82, 2.24) is 24.7 Å². The van der Waals surface area contributed by atoms with Gasteiger partial charge in [-0.15, -0.1) is 0 Å². The SMILES string of the molecule is CN(CC1(CO)CCOCC1)c1nc(-c2ccncc2)nc2c1cnn2C. The zero-order valence-electron chi connectivity index (χ0n) is 15.7. The van der Waals surface area contributed by atoms with Gasteiger partial charge in [0.1, 0.15) is 5.82 Å². The fourth-order valence-corrected chi connectivity index (χ4v) is 3.68. The van der Waals surface area contributed by atoms with Gasteiger partial charge in [0, 0.05) is 57.2 Å². The average Bonchev–Trinajstić information content (AvgIpc) is 3.09. The molecule has 0 aromatic carbocycles. The third-order valence-corrected chi connectivity index (χ3v) is 5.33. The van der Waals surface area contributed by atoms with Gasteiger partial charge in [-0.1, -0.05) is 0 Å². The number of aromatic nitrogens is 5. The lowest BCUT2D eigenvalue weighted by Gasteiger charge is -2.39. The lowest BCUT2D eigenvalue weighted by Crippen LogP contribution is -2.43. The summed E-state index contributed by atoms with van der Waals surface area (Å²) in [6.45, 7) is 2.20. The minimum Gasteiger partial charge on any atom is -0.396 e. The fourth-order valence-electron chi connectivity index (χ4n) is 3.68. The number of nitrogens with zero attached hydrogens (tertiary/aromatic N) is 6. The van der Waals surface area contributed by atoms with Crippen LogP contribution in [0, 0.1) is 5.41 Å². The predicted molar refractivity (Wildman–Crippen MR) is 102 cm³/mol. The first-order valence-corrected chi connectivity index (χ1v) is 9.12. The molecule has 0 unspecified atom stereocenters. The number of rotatable bonds is 5. The van der Waals surface area contributed by atoms with E-state index in [9.17, 15) is 5.11 Å². The van der Waals surface area contributed by atoms with Crippen LogP contribution >= 0.6 is 0 Å². The van der Waals surface area contributed by atoms with E-state index in [0.717, 1.165) is 35.3 Å². The maximum Gasteiger partial charge on any atom is 0.164 e. The highest BCUT2D eigenvalue weighted by atomic mass is 16.5. The molecular formula is C19H24N6O2. The van der Waals surface area contributed by atoms with E-state index in [0.29, 0.717) is 25.6 Å². The third kappa shape index (κ3) is 3.38. The average molecular weight is 368 g/mol. The van der Waals surface area contributed by atoms with Gasteiger partial charge in [0.15, 0.2) is 11.5 Å². The highest BCUT2D eigenvalue weighted by Crippen LogP contribution is 2.34. The van der Waals surface area contributed by atoms with Crippen molar-refractivity contribution in [3.8, 4) is 11.4 Å². The molecule has 1 saturated heterocycles. The number of ether oxygens (including phenoxy) is 1. The molecule has 3 aromatic rings. The van der Waals surface area contributed by atoms with Gasteiger partial charge in [0.05, 0.1) is 18.2 Å². The van der Waals surface area contributed by atoms with Crippen molar-refractivity contribution < 1.29 is 9.84 Å². The fraction of sp³-hybridized carbons (Fsp3) is 0.474. The molecule has 0 spiro atoms. The summed E-state index contributed by atoms with van der Waals surface area (Å²) in [6.07, 6.45) is 6.95. The van der Waals surface area contributed by atoms with Crippen LogP contribution in [-0.4, -0.2) is 63.3 Å². The number of aliphatic hydroxyl groups excluding tert-OH is 1. The van der Waals surface area contributed by atoms with Crippen LogP contribution in [0.5, 0.6) is 0 Å². The summed E-state index contributed by atoms with van der Waals surface area (Å²) in [5, 5.41) is 15.3. The Morgan fingerprint density at radius 2 is 1.96 bits per heavy atom. The Hall–Kier alpha value is -2.58. The van der Waals surface area contributed by atoms with Crippen LogP contribution in [0.15, 0.2) is 30.7 Å². The monoisotopic (exact) mass is 368 g/mol. The van der Waals surface area contributed by atoms with Crippen molar-refractivity contribution in [2.45, 2.75) is 12.8 Å². The molecule has 8 nitrogen and oxygen atoms in total. The Morgan fingerprint density at radius 1 is 1.22 bits per heavy atom. The Labute approximate surface area is 157 Å². The molecule has 1 N–H and O–H groups in total. The first-order chi connectivity index (χ1) is 13.1. The summed E-state index contributed by atoms with van der Waals surface area (Å²) in [5.41, 5.74) is 1.51. The molecule has 0 amide bonds. The molecule has 0 aliphatic carbocycles. The number of anilines is 1. The number of fused-ring (bicyclic) bond motifs is 1. The first kappa shape index (κ1) is 17.8. The number of hydrogen-bond acceptors (Lipinski definition) is 7. The Kier molecular flexibility index (Phi) is 4.75. The van der Waals surface area contributed by atoms with Gasteiger partial charge in [-0.05, 0) is 25.0 Å². The normalized spacial score (nSPS) is 16.6. The molecule has 1 aliphatic heterocycles. The highest BCUT2D eigenvalue weighted by molar-refractivity contribution is 5.88. The van der Waals surface area contributed by atoms with Crippen LogP contribution in [0.1, 0.15) is 12.8 Å². The first-order valence-electron chi connectivity index (χ1n) is 9.12. The van der Waals surface area contributed by atoms with Crippen LogP contribution in [-0.2, 0) is 11.8 Å². The molecule has 0 radical (unpaired) electrons. The van der Waals surface area contributed by atoms with Crippen LogP contribution in [0.2, 0.25) is 0 Å². The molecule has 4 heterocycles. The zero-order valence-corrected chi connectivity index (χ0v) is 15.7. The summed E-state index contributed by atoms with van der Waals surface area (Å²) in [7, 11) is 3.89. The number of hydrogen-bond donors (Lipinski definition) is 1. The van der Waals surface area contributed by atoms with Gasteiger partial charge in [-0.25, -0.2) is 9.97 Å². The number of aryl methyl sites for hydroxylation is 1. The van der Waals surface area contributed by atoms with Crippen LogP contribution in [0.3, 0.4) is 0 Å². The van der Waals surface area contributed by atoms with Gasteiger partial charge in [0.2, 0.25) is 0 Å². The molecular weight excluding hydrogens is 344 g/mol. The minimum atomic E-state index is -0.177. The quantitative estimate of drug-likeness (QED) is 0.732. The van der Waals surface area contributed by atoms with E-state index in [1.807, 2.05) is 26.2 Å². The van der Waals surface area contributed by atoms with Crippen molar-refractivity contribution in [3.63, 3.8) is 0 Å². The summed E-state index contributed by atoms with van der Waals surface area (Å²) in [6, 6.07) is 3.80. The molecule has 4 rings (SSSR count). The highest BCUT2D eigenvalue weighted by Gasteiger charge is 2.34. The van der Waals surface area contributed by atoms with Gasteiger partial charge in [0.25, 0.3) is 0 Å². The summed E-state index contributed by atoms with van der Waals surface area (Å²) in [5.74, 6) is 1.46. The zero-order chi connectivity index (χ0) is 18.9. The molecule has 142 valence electrons. The molecule has 8 heteroatoms. The van der Waals surface area contributed by atoms with Crippen LogP contribution < -0.4 is 4.90 Å². The van der Waals surface area contributed by atoms with E-state index < -0.39 is 0 Å². The van der Waals surface area contributed by atoms with E-state index >= 15 is 0 Å². The largest absolute Gasteiger partial charge is 0.396 e. The van der Waals surface area contributed by atoms with Crippen molar-refractivity contribution >= 4 is 16.9 Å². The minimum absolute atomic E-state index is 0.138. The number of aliphatic hydroxyl groups is 1. The van der Waals surface area contributed by atoms with E-state index in [4.69, 9.17) is 14.7 Å². The standard InChI is InChI=1S/C19H24N6O2/c1-24(12-19(13-26)5-9-27-10-6-19)17-15-11-21-25(2)18(15)23-16(22-17)14-3-7-20-8-4-14/h3-4,7-8,11,26H,5-6,9-10,12-13H2,1-2H3. The predicted octanol–water partition coefficient (Wildman–Crippen LogP) is 1.65. The molecule has 3 aromatic heterocycles. The van der Waals surface area contributed by atoms with E-state index in [-0.39, 0.29) is 12.0 Å². The van der Waals surface area contributed by atoms with Gasteiger partial charge >= 0.3 is 0 Å². The molecule has 0 bridgehead atoms. The van der Waals surface area contributed by atoms with Gasteiger partial charge in [-0.3, -0.25) is 9.67 Å². The molecule has 27 heavy (non-hydrogen) atoms. The molecule has 0 atom stereocenters. The molecule has 1 aliphatic rings. The molecule has 0 saturated carbocycles. The van der Waals surface area contributed by atoms with Crippen LogP contribution in [0.25, 0.3) is 22.4 Å². The Morgan fingerprint density at radius 3 is 2.67 bits per heavy atom. The maximum atomic E-state index is 10.0. The summed E-state index contributed by atoms with van der Waals surface area (Å²) >= 11 is 0. The van der Waals surface area contributed by atoms with Gasteiger partial charge < -0.3 is 14.7 Å². The Bertz CT molecular complexity index is 921. The number of pyridine rings is 1. The van der Waals surface area contributed by atoms with E-state index in [1.54, 1.807) is 23.3 Å². The maximum absolute atomic E-state index is 10.0. The van der Waals surface area contributed by atoms with E-state index in [1.165, 1.54) is 0 Å².